The first-order valence-corrected chi connectivity index (χ1v) is 6.05. The average Bonchev–Trinajstić information content (AvgIpc) is 2.25. The first-order chi connectivity index (χ1) is 9.22. The van der Waals surface area contributed by atoms with Gasteiger partial charge in [-0.3, -0.25) is 9.59 Å². The molecule has 1 rings (SSSR count). The van der Waals surface area contributed by atoms with E-state index in [1.54, 1.807) is 13.8 Å². The predicted molar refractivity (Wildman–Crippen MR) is 71.8 cm³/mol. The summed E-state index contributed by atoms with van der Waals surface area (Å²) in [5.74, 6) is -3.23. The summed E-state index contributed by atoms with van der Waals surface area (Å²) in [7, 11) is 0. The topological polar surface area (TPSA) is 104 Å². The Morgan fingerprint density at radius 2 is 1.60 bits per heavy atom. The van der Waals surface area contributed by atoms with Crippen molar-refractivity contribution in [1.29, 1.82) is 0 Å². The molecule has 0 aliphatic heterocycles. The molecular weight excluding hydrogens is 262 g/mol. The SMILES string of the molecule is Cc1cc(C)c(C(=O)N[C@@H](CC(=O)O)C(=O)O)c(C)c1. The van der Waals surface area contributed by atoms with Crippen LogP contribution in [0.4, 0.5) is 0 Å². The summed E-state index contributed by atoms with van der Waals surface area (Å²) in [5.41, 5.74) is 2.82. The Labute approximate surface area is 116 Å². The van der Waals surface area contributed by atoms with E-state index in [4.69, 9.17) is 10.2 Å². The minimum atomic E-state index is -1.44. The summed E-state index contributed by atoms with van der Waals surface area (Å²) in [6, 6.07) is 2.18. The number of hydrogen-bond acceptors (Lipinski definition) is 3. The first kappa shape index (κ1) is 15.7. The van der Waals surface area contributed by atoms with Gasteiger partial charge in [0.2, 0.25) is 0 Å². The van der Waals surface area contributed by atoms with Crippen molar-refractivity contribution in [3.63, 3.8) is 0 Å². The van der Waals surface area contributed by atoms with E-state index < -0.39 is 30.3 Å². The monoisotopic (exact) mass is 279 g/mol. The number of nitrogens with one attached hydrogen (secondary N) is 1. The molecule has 0 bridgehead atoms. The van der Waals surface area contributed by atoms with E-state index in [9.17, 15) is 14.4 Å². The second-order valence-corrected chi connectivity index (χ2v) is 4.74. The largest absolute Gasteiger partial charge is 0.481 e. The van der Waals surface area contributed by atoms with Crippen LogP contribution in [0.25, 0.3) is 0 Å². The second-order valence-electron chi connectivity index (χ2n) is 4.74. The van der Waals surface area contributed by atoms with E-state index in [2.05, 4.69) is 5.32 Å². The van der Waals surface area contributed by atoms with Crippen LogP contribution < -0.4 is 5.32 Å². The maximum absolute atomic E-state index is 12.1. The number of amides is 1. The highest BCUT2D eigenvalue weighted by Gasteiger charge is 2.24. The Bertz CT molecular complexity index is 542. The molecule has 0 radical (unpaired) electrons. The summed E-state index contributed by atoms with van der Waals surface area (Å²) in [6.07, 6.45) is -0.662. The minimum absolute atomic E-state index is 0.382. The van der Waals surface area contributed by atoms with Gasteiger partial charge in [-0.1, -0.05) is 17.7 Å². The molecule has 0 aliphatic carbocycles. The highest BCUT2D eigenvalue weighted by atomic mass is 16.4. The maximum atomic E-state index is 12.1. The van der Waals surface area contributed by atoms with Crippen molar-refractivity contribution in [2.45, 2.75) is 33.2 Å². The van der Waals surface area contributed by atoms with Crippen LogP contribution in [0, 0.1) is 20.8 Å². The van der Waals surface area contributed by atoms with Crippen molar-refractivity contribution < 1.29 is 24.6 Å². The van der Waals surface area contributed by atoms with Crippen molar-refractivity contribution in [2.24, 2.45) is 0 Å². The van der Waals surface area contributed by atoms with Crippen LogP contribution in [-0.2, 0) is 9.59 Å². The highest BCUT2D eigenvalue weighted by Crippen LogP contribution is 2.16. The number of aryl methyl sites for hydroxylation is 3. The third-order valence-corrected chi connectivity index (χ3v) is 2.89. The van der Waals surface area contributed by atoms with Crippen LogP contribution in [0.3, 0.4) is 0 Å². The molecule has 108 valence electrons. The standard InChI is InChI=1S/C14H17NO5/c1-7-4-8(2)12(9(3)5-7)13(18)15-10(14(19)20)6-11(16)17/h4-5,10H,6H2,1-3H3,(H,15,18)(H,16,17)(H,19,20)/t10-/m0/s1. The average molecular weight is 279 g/mol. The van der Waals surface area contributed by atoms with Crippen molar-refractivity contribution in [2.75, 3.05) is 0 Å². The fraction of sp³-hybridized carbons (Fsp3) is 0.357. The van der Waals surface area contributed by atoms with Gasteiger partial charge < -0.3 is 15.5 Å². The lowest BCUT2D eigenvalue weighted by Gasteiger charge is -2.15. The second kappa shape index (κ2) is 6.18. The lowest BCUT2D eigenvalue weighted by Crippen LogP contribution is -2.42. The molecule has 1 aromatic rings. The van der Waals surface area contributed by atoms with Crippen molar-refractivity contribution >= 4 is 17.8 Å². The van der Waals surface area contributed by atoms with Gasteiger partial charge in [0.15, 0.2) is 0 Å². The van der Waals surface area contributed by atoms with Gasteiger partial charge in [-0.2, -0.15) is 0 Å². The molecule has 0 aromatic heterocycles. The number of rotatable bonds is 5. The number of carbonyl (C=O) groups excluding carboxylic acids is 1. The van der Waals surface area contributed by atoms with Crippen molar-refractivity contribution in [3.05, 3.63) is 34.4 Å². The number of carboxylic acids is 2. The zero-order valence-electron chi connectivity index (χ0n) is 11.6. The molecule has 0 saturated carbocycles. The van der Waals surface area contributed by atoms with E-state index in [1.807, 2.05) is 19.1 Å². The highest BCUT2D eigenvalue weighted by molar-refractivity contribution is 5.99. The van der Waals surface area contributed by atoms with Gasteiger partial charge in [0.1, 0.15) is 6.04 Å². The van der Waals surface area contributed by atoms with Gasteiger partial charge in [-0.15, -0.1) is 0 Å². The van der Waals surface area contributed by atoms with E-state index in [0.29, 0.717) is 5.56 Å². The van der Waals surface area contributed by atoms with Gasteiger partial charge in [-0.05, 0) is 31.9 Å². The zero-order valence-corrected chi connectivity index (χ0v) is 11.6. The van der Waals surface area contributed by atoms with Crippen LogP contribution in [0.5, 0.6) is 0 Å². The summed E-state index contributed by atoms with van der Waals surface area (Å²) < 4.78 is 0. The molecule has 1 atom stereocenters. The first-order valence-electron chi connectivity index (χ1n) is 6.05. The smallest absolute Gasteiger partial charge is 0.326 e. The van der Waals surface area contributed by atoms with Crippen LogP contribution in [0.1, 0.15) is 33.5 Å². The predicted octanol–water partition coefficient (Wildman–Crippen LogP) is 1.27. The van der Waals surface area contributed by atoms with E-state index in [-0.39, 0.29) is 0 Å². The summed E-state index contributed by atoms with van der Waals surface area (Å²) >= 11 is 0. The summed E-state index contributed by atoms with van der Waals surface area (Å²) in [4.78, 5) is 33.7. The Morgan fingerprint density at radius 1 is 1.10 bits per heavy atom. The third-order valence-electron chi connectivity index (χ3n) is 2.89. The molecular formula is C14H17NO5. The normalized spacial score (nSPS) is 11.8. The lowest BCUT2D eigenvalue weighted by atomic mass is 9.99. The maximum Gasteiger partial charge on any atom is 0.326 e. The summed E-state index contributed by atoms with van der Waals surface area (Å²) in [6.45, 7) is 5.40. The fourth-order valence-corrected chi connectivity index (χ4v) is 2.14. The quantitative estimate of drug-likeness (QED) is 0.753. The van der Waals surface area contributed by atoms with Gasteiger partial charge in [0.05, 0.1) is 6.42 Å². The molecule has 3 N–H and O–H groups in total. The van der Waals surface area contributed by atoms with E-state index >= 15 is 0 Å². The lowest BCUT2D eigenvalue weighted by molar-refractivity contribution is -0.145. The molecule has 0 saturated heterocycles. The van der Waals surface area contributed by atoms with Crippen LogP contribution >= 0.6 is 0 Å². The Kier molecular flexibility index (Phi) is 4.85. The molecule has 0 spiro atoms. The number of hydrogen-bond donors (Lipinski definition) is 3. The number of aliphatic carboxylic acids is 2. The van der Waals surface area contributed by atoms with Crippen molar-refractivity contribution in [1.82, 2.24) is 5.32 Å². The van der Waals surface area contributed by atoms with Gasteiger partial charge in [-0.25, -0.2) is 4.79 Å². The fourth-order valence-electron chi connectivity index (χ4n) is 2.14. The zero-order chi connectivity index (χ0) is 15.4. The Hall–Kier alpha value is -2.37. The molecule has 0 heterocycles. The molecule has 20 heavy (non-hydrogen) atoms. The van der Waals surface area contributed by atoms with Crippen molar-refractivity contribution in [3.8, 4) is 0 Å². The Balaban J connectivity index is 3.01. The molecule has 6 nitrogen and oxygen atoms in total. The van der Waals surface area contributed by atoms with Gasteiger partial charge in [0.25, 0.3) is 5.91 Å². The molecule has 6 heteroatoms. The number of carbonyl (C=O) groups is 3. The van der Waals surface area contributed by atoms with E-state index in [1.165, 1.54) is 0 Å². The Morgan fingerprint density at radius 3 is 2.00 bits per heavy atom. The number of benzene rings is 1. The molecule has 0 unspecified atom stereocenters. The van der Waals surface area contributed by atoms with Crippen LogP contribution in [-0.4, -0.2) is 34.1 Å². The molecule has 1 aromatic carbocycles. The molecule has 1 amide bonds. The third kappa shape index (κ3) is 3.81. The van der Waals surface area contributed by atoms with E-state index in [0.717, 1.165) is 16.7 Å². The number of carboxylic acid groups (broad SMARTS) is 2. The van der Waals surface area contributed by atoms with Gasteiger partial charge in [0, 0.05) is 5.56 Å². The minimum Gasteiger partial charge on any atom is -0.481 e. The van der Waals surface area contributed by atoms with Gasteiger partial charge >= 0.3 is 11.9 Å². The van der Waals surface area contributed by atoms with Crippen LogP contribution in [0.15, 0.2) is 12.1 Å². The van der Waals surface area contributed by atoms with Crippen LogP contribution in [0.2, 0.25) is 0 Å². The molecule has 0 fully saturated rings. The summed E-state index contributed by atoms with van der Waals surface area (Å²) in [5, 5.41) is 19.8. The molecule has 0 aliphatic rings.